The van der Waals surface area contributed by atoms with Gasteiger partial charge in [-0.05, 0) is 44.5 Å². The average Bonchev–Trinajstić information content (AvgIpc) is 3.07. The Kier molecular flexibility index (Phi) is 6.24. The summed E-state index contributed by atoms with van der Waals surface area (Å²) in [7, 11) is 0. The molecule has 27 heavy (non-hydrogen) atoms. The van der Waals surface area contributed by atoms with Crippen LogP contribution < -0.4 is 5.32 Å². The molecule has 0 unspecified atom stereocenters. The molecule has 0 spiro atoms. The Morgan fingerprint density at radius 2 is 1.85 bits per heavy atom. The Morgan fingerprint density at radius 3 is 2.52 bits per heavy atom. The van der Waals surface area contributed by atoms with Gasteiger partial charge in [-0.2, -0.15) is 0 Å². The van der Waals surface area contributed by atoms with E-state index in [1.54, 1.807) is 12.4 Å². The van der Waals surface area contributed by atoms with Crippen molar-refractivity contribution in [2.75, 3.05) is 5.32 Å². The molecule has 7 heteroatoms. The molecule has 2 aromatic heterocycles. The zero-order valence-corrected chi connectivity index (χ0v) is 16.5. The molecular weight excluding hydrogens is 358 g/mol. The lowest BCUT2D eigenvalue weighted by Crippen LogP contribution is -2.23. The standard InChI is InChI=1S/C20H23N5OS/c1-4-13-25-18(16-9-11-21-12-10-16)23-24-20(25)27-15(3)19(26)22-17-7-5-14(2)6-8-17/h5-12,15H,4,13H2,1-3H3,(H,22,26)/t15-/m0/s1. The van der Waals surface area contributed by atoms with E-state index >= 15 is 0 Å². The number of nitrogens with one attached hydrogen (secondary N) is 1. The van der Waals surface area contributed by atoms with Crippen LogP contribution in [0.1, 0.15) is 25.8 Å². The van der Waals surface area contributed by atoms with E-state index in [1.165, 1.54) is 11.8 Å². The summed E-state index contributed by atoms with van der Waals surface area (Å²) in [5.74, 6) is 0.744. The maximum absolute atomic E-state index is 12.6. The van der Waals surface area contributed by atoms with Crippen molar-refractivity contribution in [3.63, 3.8) is 0 Å². The second-order valence-corrected chi connectivity index (χ2v) is 7.62. The smallest absolute Gasteiger partial charge is 0.237 e. The molecule has 1 N–H and O–H groups in total. The minimum Gasteiger partial charge on any atom is -0.325 e. The molecule has 0 radical (unpaired) electrons. The zero-order chi connectivity index (χ0) is 19.2. The zero-order valence-electron chi connectivity index (χ0n) is 15.7. The molecule has 0 aliphatic rings. The molecule has 0 aliphatic heterocycles. The van der Waals surface area contributed by atoms with Crippen LogP contribution in [0, 0.1) is 6.92 Å². The van der Waals surface area contributed by atoms with Crippen molar-refractivity contribution >= 4 is 23.4 Å². The Labute approximate surface area is 163 Å². The number of amides is 1. The van der Waals surface area contributed by atoms with E-state index in [1.807, 2.05) is 50.2 Å². The van der Waals surface area contributed by atoms with Gasteiger partial charge >= 0.3 is 0 Å². The molecule has 0 fully saturated rings. The van der Waals surface area contributed by atoms with Crippen LogP contribution in [0.15, 0.2) is 53.9 Å². The molecule has 0 bridgehead atoms. The van der Waals surface area contributed by atoms with Gasteiger partial charge in [0.25, 0.3) is 0 Å². The molecule has 3 rings (SSSR count). The predicted molar refractivity (Wildman–Crippen MR) is 109 cm³/mol. The minimum atomic E-state index is -0.295. The fourth-order valence-corrected chi connectivity index (χ4v) is 3.48. The molecule has 140 valence electrons. The van der Waals surface area contributed by atoms with Crippen LogP contribution in [-0.2, 0) is 11.3 Å². The SMILES string of the molecule is CCCn1c(S[C@@H](C)C(=O)Nc2ccc(C)cc2)nnc1-c1ccncc1. The van der Waals surface area contributed by atoms with E-state index in [0.29, 0.717) is 0 Å². The molecule has 1 aromatic carbocycles. The van der Waals surface area contributed by atoms with Gasteiger partial charge in [0.1, 0.15) is 0 Å². The van der Waals surface area contributed by atoms with Crippen LogP contribution in [0.3, 0.4) is 0 Å². The topological polar surface area (TPSA) is 72.7 Å². The van der Waals surface area contributed by atoms with E-state index in [4.69, 9.17) is 0 Å². The molecule has 0 aliphatic carbocycles. The van der Waals surface area contributed by atoms with Gasteiger partial charge in [-0.3, -0.25) is 9.78 Å². The summed E-state index contributed by atoms with van der Waals surface area (Å²) in [6.07, 6.45) is 4.43. The molecule has 1 amide bonds. The minimum absolute atomic E-state index is 0.0552. The average molecular weight is 382 g/mol. The Morgan fingerprint density at radius 1 is 1.15 bits per heavy atom. The highest BCUT2D eigenvalue weighted by molar-refractivity contribution is 8.00. The van der Waals surface area contributed by atoms with Gasteiger partial charge in [0.2, 0.25) is 5.91 Å². The van der Waals surface area contributed by atoms with Crippen molar-refractivity contribution < 1.29 is 4.79 Å². The number of nitrogens with zero attached hydrogens (tertiary/aromatic N) is 4. The molecule has 1 atom stereocenters. The number of hydrogen-bond acceptors (Lipinski definition) is 5. The summed E-state index contributed by atoms with van der Waals surface area (Å²) in [6.45, 7) is 6.80. The number of benzene rings is 1. The fraction of sp³-hybridized carbons (Fsp3) is 0.300. The van der Waals surface area contributed by atoms with Crippen LogP contribution in [0.4, 0.5) is 5.69 Å². The summed E-state index contributed by atoms with van der Waals surface area (Å²) < 4.78 is 2.07. The van der Waals surface area contributed by atoms with Crippen molar-refractivity contribution in [1.82, 2.24) is 19.7 Å². The number of aryl methyl sites for hydroxylation is 1. The largest absolute Gasteiger partial charge is 0.325 e. The van der Waals surface area contributed by atoms with Crippen LogP contribution in [0.2, 0.25) is 0 Å². The summed E-state index contributed by atoms with van der Waals surface area (Å²) in [5, 5.41) is 12.1. The van der Waals surface area contributed by atoms with Crippen molar-refractivity contribution in [1.29, 1.82) is 0 Å². The van der Waals surface area contributed by atoms with Crippen LogP contribution in [0.25, 0.3) is 11.4 Å². The lowest BCUT2D eigenvalue weighted by atomic mass is 10.2. The molecule has 3 aromatic rings. The molecule has 2 heterocycles. The van der Waals surface area contributed by atoms with Crippen molar-refractivity contribution in [3.05, 3.63) is 54.4 Å². The Balaban J connectivity index is 1.75. The first-order valence-electron chi connectivity index (χ1n) is 8.96. The van der Waals surface area contributed by atoms with E-state index in [-0.39, 0.29) is 11.2 Å². The maximum atomic E-state index is 12.6. The number of hydrogen-bond donors (Lipinski definition) is 1. The van der Waals surface area contributed by atoms with Gasteiger partial charge in [0.15, 0.2) is 11.0 Å². The van der Waals surface area contributed by atoms with E-state index in [0.717, 1.165) is 40.8 Å². The van der Waals surface area contributed by atoms with Gasteiger partial charge in [-0.15, -0.1) is 10.2 Å². The second kappa shape index (κ2) is 8.81. The number of pyridine rings is 1. The van der Waals surface area contributed by atoms with Crippen LogP contribution in [-0.4, -0.2) is 30.9 Å². The highest BCUT2D eigenvalue weighted by atomic mass is 32.2. The summed E-state index contributed by atoms with van der Waals surface area (Å²) in [5.41, 5.74) is 2.92. The van der Waals surface area contributed by atoms with E-state index in [2.05, 4.69) is 32.0 Å². The van der Waals surface area contributed by atoms with Crippen LogP contribution >= 0.6 is 11.8 Å². The van der Waals surface area contributed by atoms with Crippen molar-refractivity contribution in [2.24, 2.45) is 0 Å². The number of rotatable bonds is 7. The van der Waals surface area contributed by atoms with Gasteiger partial charge in [-0.1, -0.05) is 36.4 Å². The number of aromatic nitrogens is 4. The first kappa shape index (κ1) is 19.1. The third kappa shape index (κ3) is 4.74. The highest BCUT2D eigenvalue weighted by Gasteiger charge is 2.20. The Bertz CT molecular complexity index is 892. The normalized spacial score (nSPS) is 12.0. The second-order valence-electron chi connectivity index (χ2n) is 6.31. The third-order valence-corrected chi connectivity index (χ3v) is 5.15. The molecule has 6 nitrogen and oxygen atoms in total. The molecule has 0 saturated heterocycles. The number of carbonyl (C=O) groups is 1. The lowest BCUT2D eigenvalue weighted by molar-refractivity contribution is -0.115. The molecule has 0 saturated carbocycles. The van der Waals surface area contributed by atoms with Crippen molar-refractivity contribution in [2.45, 2.75) is 44.1 Å². The maximum Gasteiger partial charge on any atom is 0.237 e. The molecular formula is C20H23N5OS. The quantitative estimate of drug-likeness (QED) is 0.622. The van der Waals surface area contributed by atoms with Gasteiger partial charge in [0.05, 0.1) is 5.25 Å². The highest BCUT2D eigenvalue weighted by Crippen LogP contribution is 2.27. The third-order valence-electron chi connectivity index (χ3n) is 4.07. The summed E-state index contributed by atoms with van der Waals surface area (Å²) >= 11 is 1.42. The fourth-order valence-electron chi connectivity index (χ4n) is 2.61. The number of thioether (sulfide) groups is 1. The first-order chi connectivity index (χ1) is 13.1. The predicted octanol–water partition coefficient (Wildman–Crippen LogP) is 4.18. The lowest BCUT2D eigenvalue weighted by Gasteiger charge is -2.13. The van der Waals surface area contributed by atoms with Gasteiger partial charge in [0, 0.05) is 30.2 Å². The van der Waals surface area contributed by atoms with Gasteiger partial charge in [-0.25, -0.2) is 0 Å². The number of carbonyl (C=O) groups excluding carboxylic acids is 1. The Hall–Kier alpha value is -2.67. The first-order valence-corrected chi connectivity index (χ1v) is 9.84. The summed E-state index contributed by atoms with van der Waals surface area (Å²) in [6, 6.07) is 11.6. The van der Waals surface area contributed by atoms with E-state index < -0.39 is 0 Å². The van der Waals surface area contributed by atoms with E-state index in [9.17, 15) is 4.79 Å². The monoisotopic (exact) mass is 381 g/mol. The van der Waals surface area contributed by atoms with Crippen molar-refractivity contribution in [3.8, 4) is 11.4 Å². The van der Waals surface area contributed by atoms with Gasteiger partial charge < -0.3 is 9.88 Å². The summed E-state index contributed by atoms with van der Waals surface area (Å²) in [4.78, 5) is 16.6. The number of anilines is 1. The van der Waals surface area contributed by atoms with Crippen LogP contribution in [0.5, 0.6) is 0 Å².